The van der Waals surface area contributed by atoms with Crippen LogP contribution in [0.4, 0.5) is 5.69 Å². The lowest BCUT2D eigenvalue weighted by Crippen LogP contribution is -2.37. The van der Waals surface area contributed by atoms with Gasteiger partial charge < -0.3 is 15.0 Å². The van der Waals surface area contributed by atoms with Gasteiger partial charge in [0.2, 0.25) is 0 Å². The van der Waals surface area contributed by atoms with Gasteiger partial charge >= 0.3 is 0 Å². The molecule has 20 heavy (non-hydrogen) atoms. The van der Waals surface area contributed by atoms with E-state index in [1.165, 1.54) is 11.3 Å². The second-order valence-electron chi connectivity index (χ2n) is 6.39. The van der Waals surface area contributed by atoms with Gasteiger partial charge in [-0.25, -0.2) is 0 Å². The van der Waals surface area contributed by atoms with E-state index in [0.29, 0.717) is 6.04 Å². The Balaban J connectivity index is 2.91. The van der Waals surface area contributed by atoms with Crippen LogP contribution in [0.15, 0.2) is 18.5 Å². The number of nitrogens with one attached hydrogen (secondary N) is 1. The third-order valence-corrected chi connectivity index (χ3v) is 3.17. The zero-order valence-electron chi connectivity index (χ0n) is 13.7. The molecule has 0 aromatic carbocycles. The number of pyridine rings is 1. The average molecular weight is 279 g/mol. The van der Waals surface area contributed by atoms with E-state index in [2.05, 4.69) is 55.9 Å². The first-order chi connectivity index (χ1) is 9.35. The van der Waals surface area contributed by atoms with Crippen molar-refractivity contribution < 1.29 is 4.74 Å². The quantitative estimate of drug-likeness (QED) is 0.833. The van der Waals surface area contributed by atoms with Crippen LogP contribution in [0.25, 0.3) is 0 Å². The predicted molar refractivity (Wildman–Crippen MR) is 85.2 cm³/mol. The maximum absolute atomic E-state index is 5.22. The van der Waals surface area contributed by atoms with E-state index in [1.54, 1.807) is 7.11 Å². The van der Waals surface area contributed by atoms with Gasteiger partial charge in [0.1, 0.15) is 0 Å². The van der Waals surface area contributed by atoms with Crippen LogP contribution < -0.4 is 10.2 Å². The van der Waals surface area contributed by atoms with E-state index >= 15 is 0 Å². The van der Waals surface area contributed by atoms with Crippen LogP contribution in [-0.2, 0) is 11.3 Å². The molecule has 0 bridgehead atoms. The molecule has 0 aliphatic heterocycles. The molecule has 0 fully saturated rings. The third-order valence-electron chi connectivity index (χ3n) is 3.17. The minimum Gasteiger partial charge on any atom is -0.383 e. The fraction of sp³-hybridized carbons (Fsp3) is 0.688. The summed E-state index contributed by atoms with van der Waals surface area (Å²) in [7, 11) is 1.74. The number of hydrogen-bond acceptors (Lipinski definition) is 4. The molecule has 0 atom stereocenters. The summed E-state index contributed by atoms with van der Waals surface area (Å²) in [5.74, 6) is 0. The van der Waals surface area contributed by atoms with Crippen molar-refractivity contribution in [2.45, 2.75) is 52.7 Å². The Morgan fingerprint density at radius 2 is 2.05 bits per heavy atom. The standard InChI is InChI=1S/C16H29N3O/c1-13(2)19(9-10-20-6)15-12-17-8-7-14(15)11-18-16(3,4)5/h7-8,12-13,18H,9-11H2,1-6H3. The summed E-state index contributed by atoms with van der Waals surface area (Å²) in [5.41, 5.74) is 2.58. The molecule has 1 aromatic heterocycles. The van der Waals surface area contributed by atoms with Crippen molar-refractivity contribution in [3.05, 3.63) is 24.0 Å². The van der Waals surface area contributed by atoms with Crippen LogP contribution in [0.1, 0.15) is 40.2 Å². The van der Waals surface area contributed by atoms with Crippen molar-refractivity contribution in [1.82, 2.24) is 10.3 Å². The van der Waals surface area contributed by atoms with Gasteiger partial charge in [0.15, 0.2) is 0 Å². The molecule has 1 N–H and O–H groups in total. The fourth-order valence-corrected chi connectivity index (χ4v) is 2.03. The maximum Gasteiger partial charge on any atom is 0.0637 e. The van der Waals surface area contributed by atoms with Crippen LogP contribution in [-0.4, -0.2) is 36.8 Å². The molecule has 0 unspecified atom stereocenters. The maximum atomic E-state index is 5.22. The number of anilines is 1. The summed E-state index contributed by atoms with van der Waals surface area (Å²) >= 11 is 0. The zero-order chi connectivity index (χ0) is 15.2. The van der Waals surface area contributed by atoms with E-state index in [1.807, 2.05) is 12.4 Å². The number of ether oxygens (including phenoxy) is 1. The molecule has 0 saturated heterocycles. The van der Waals surface area contributed by atoms with Crippen LogP contribution in [0, 0.1) is 0 Å². The molecule has 4 heteroatoms. The second-order valence-corrected chi connectivity index (χ2v) is 6.39. The van der Waals surface area contributed by atoms with Crippen LogP contribution in [0.3, 0.4) is 0 Å². The largest absolute Gasteiger partial charge is 0.383 e. The lowest BCUT2D eigenvalue weighted by atomic mass is 10.1. The molecular formula is C16H29N3O. The molecule has 0 aliphatic carbocycles. The second kappa shape index (κ2) is 7.60. The van der Waals surface area contributed by atoms with Gasteiger partial charge in [-0.2, -0.15) is 0 Å². The molecule has 114 valence electrons. The number of aromatic nitrogens is 1. The van der Waals surface area contributed by atoms with Gasteiger partial charge in [0.05, 0.1) is 18.5 Å². The number of methoxy groups -OCH3 is 1. The SMILES string of the molecule is COCCN(c1cnccc1CNC(C)(C)C)C(C)C. The first-order valence-electron chi connectivity index (χ1n) is 7.28. The van der Waals surface area contributed by atoms with Gasteiger partial charge in [-0.05, 0) is 46.2 Å². The fourth-order valence-electron chi connectivity index (χ4n) is 2.03. The van der Waals surface area contributed by atoms with Crippen molar-refractivity contribution in [3.8, 4) is 0 Å². The molecule has 1 rings (SSSR count). The summed E-state index contributed by atoms with van der Waals surface area (Å²) < 4.78 is 5.22. The normalized spacial score (nSPS) is 11.9. The number of rotatable bonds is 7. The summed E-state index contributed by atoms with van der Waals surface area (Å²) in [4.78, 5) is 6.63. The first kappa shape index (κ1) is 16.9. The van der Waals surface area contributed by atoms with Crippen molar-refractivity contribution >= 4 is 5.69 Å². The Morgan fingerprint density at radius 3 is 2.60 bits per heavy atom. The lowest BCUT2D eigenvalue weighted by Gasteiger charge is -2.31. The average Bonchev–Trinajstić information content (AvgIpc) is 2.36. The monoisotopic (exact) mass is 279 g/mol. The molecule has 0 radical (unpaired) electrons. The van der Waals surface area contributed by atoms with Gasteiger partial charge in [-0.15, -0.1) is 0 Å². The summed E-state index contributed by atoms with van der Waals surface area (Å²) in [6.07, 6.45) is 3.81. The summed E-state index contributed by atoms with van der Waals surface area (Å²) in [6.45, 7) is 13.4. The highest BCUT2D eigenvalue weighted by Gasteiger charge is 2.16. The van der Waals surface area contributed by atoms with Crippen molar-refractivity contribution in [3.63, 3.8) is 0 Å². The lowest BCUT2D eigenvalue weighted by molar-refractivity contribution is 0.203. The molecule has 0 spiro atoms. The van der Waals surface area contributed by atoms with Crippen LogP contribution >= 0.6 is 0 Å². The van der Waals surface area contributed by atoms with Gasteiger partial charge in [0.25, 0.3) is 0 Å². The Hall–Kier alpha value is -1.13. The van der Waals surface area contributed by atoms with Crippen LogP contribution in [0.2, 0.25) is 0 Å². The molecule has 1 heterocycles. The number of nitrogens with zero attached hydrogens (tertiary/aromatic N) is 2. The van der Waals surface area contributed by atoms with Crippen molar-refractivity contribution in [2.24, 2.45) is 0 Å². The minimum absolute atomic E-state index is 0.107. The Bertz CT molecular complexity index is 399. The van der Waals surface area contributed by atoms with Gasteiger partial charge in [-0.3, -0.25) is 4.98 Å². The van der Waals surface area contributed by atoms with Gasteiger partial charge in [0, 0.05) is 38.0 Å². The topological polar surface area (TPSA) is 37.4 Å². The van der Waals surface area contributed by atoms with E-state index in [0.717, 1.165) is 19.7 Å². The molecule has 0 amide bonds. The van der Waals surface area contributed by atoms with Crippen molar-refractivity contribution in [1.29, 1.82) is 0 Å². The highest BCUT2D eigenvalue weighted by atomic mass is 16.5. The molecular weight excluding hydrogens is 250 g/mol. The third kappa shape index (κ3) is 5.47. The van der Waals surface area contributed by atoms with E-state index < -0.39 is 0 Å². The highest BCUT2D eigenvalue weighted by molar-refractivity contribution is 5.52. The Labute approximate surface area is 123 Å². The molecule has 0 saturated carbocycles. The van der Waals surface area contributed by atoms with Gasteiger partial charge in [-0.1, -0.05) is 0 Å². The zero-order valence-corrected chi connectivity index (χ0v) is 13.7. The first-order valence-corrected chi connectivity index (χ1v) is 7.28. The van der Waals surface area contributed by atoms with E-state index in [9.17, 15) is 0 Å². The summed E-state index contributed by atoms with van der Waals surface area (Å²) in [6, 6.07) is 2.51. The number of hydrogen-bond donors (Lipinski definition) is 1. The predicted octanol–water partition coefficient (Wildman–Crippen LogP) is 2.83. The highest BCUT2D eigenvalue weighted by Crippen LogP contribution is 2.22. The molecule has 4 nitrogen and oxygen atoms in total. The minimum atomic E-state index is 0.107. The Morgan fingerprint density at radius 1 is 1.35 bits per heavy atom. The van der Waals surface area contributed by atoms with E-state index in [4.69, 9.17) is 4.74 Å². The molecule has 0 aliphatic rings. The summed E-state index contributed by atoms with van der Waals surface area (Å²) in [5, 5.41) is 3.54. The van der Waals surface area contributed by atoms with Crippen molar-refractivity contribution in [2.75, 3.05) is 25.2 Å². The van der Waals surface area contributed by atoms with E-state index in [-0.39, 0.29) is 5.54 Å². The smallest absolute Gasteiger partial charge is 0.0637 e. The molecule has 1 aromatic rings. The Kier molecular flexibility index (Phi) is 6.43. The van der Waals surface area contributed by atoms with Crippen LogP contribution in [0.5, 0.6) is 0 Å².